The van der Waals surface area contributed by atoms with E-state index in [4.69, 9.17) is 21.1 Å². The largest absolute Gasteiger partial charge is 0.392 e. The highest BCUT2D eigenvalue weighted by Gasteiger charge is 2.33. The monoisotopic (exact) mass is 271 g/mol. The van der Waals surface area contributed by atoms with Gasteiger partial charge in [0.1, 0.15) is 12.2 Å². The lowest BCUT2D eigenvalue weighted by Crippen LogP contribution is -2.27. The SMILES string of the molecule is COC1CN(c2ccc(Cl)cc2CO)CC1OC. The molecule has 0 radical (unpaired) electrons. The summed E-state index contributed by atoms with van der Waals surface area (Å²) in [6.07, 6.45) is 0.106. The van der Waals surface area contributed by atoms with Crippen molar-refractivity contribution in [2.45, 2.75) is 18.8 Å². The fraction of sp³-hybridized carbons (Fsp3) is 0.538. The maximum atomic E-state index is 9.40. The molecule has 1 aromatic rings. The number of methoxy groups -OCH3 is 2. The molecule has 18 heavy (non-hydrogen) atoms. The molecule has 0 saturated carbocycles. The molecule has 0 aliphatic carbocycles. The minimum Gasteiger partial charge on any atom is -0.392 e. The Balaban J connectivity index is 2.22. The van der Waals surface area contributed by atoms with E-state index in [0.717, 1.165) is 24.3 Å². The summed E-state index contributed by atoms with van der Waals surface area (Å²) in [6.45, 7) is 1.48. The molecular weight excluding hydrogens is 254 g/mol. The minimum absolute atomic E-state index is 0.0261. The third-order valence-corrected chi connectivity index (χ3v) is 3.61. The molecule has 1 fully saturated rings. The van der Waals surface area contributed by atoms with Gasteiger partial charge < -0.3 is 19.5 Å². The number of anilines is 1. The van der Waals surface area contributed by atoms with Gasteiger partial charge in [-0.1, -0.05) is 11.6 Å². The summed E-state index contributed by atoms with van der Waals surface area (Å²) in [5.41, 5.74) is 1.82. The van der Waals surface area contributed by atoms with Gasteiger partial charge in [-0.05, 0) is 18.2 Å². The Hall–Kier alpha value is -0.810. The molecule has 1 aliphatic rings. The Morgan fingerprint density at radius 1 is 1.28 bits per heavy atom. The zero-order valence-electron chi connectivity index (χ0n) is 10.6. The van der Waals surface area contributed by atoms with Gasteiger partial charge in [-0.15, -0.1) is 0 Å². The zero-order chi connectivity index (χ0) is 13.1. The summed E-state index contributed by atoms with van der Waals surface area (Å²) in [5.74, 6) is 0. The first-order valence-electron chi connectivity index (χ1n) is 5.89. The van der Waals surface area contributed by atoms with Crippen molar-refractivity contribution < 1.29 is 14.6 Å². The summed E-state index contributed by atoms with van der Waals surface area (Å²) in [6, 6.07) is 5.55. The van der Waals surface area contributed by atoms with Gasteiger partial charge in [0.2, 0.25) is 0 Å². The minimum atomic E-state index is -0.0261. The number of aliphatic hydroxyl groups excluding tert-OH is 1. The van der Waals surface area contributed by atoms with Gasteiger partial charge in [-0.3, -0.25) is 0 Å². The third kappa shape index (κ3) is 2.62. The van der Waals surface area contributed by atoms with Crippen LogP contribution in [-0.2, 0) is 16.1 Å². The van der Waals surface area contributed by atoms with Crippen LogP contribution in [0.1, 0.15) is 5.56 Å². The predicted molar refractivity (Wildman–Crippen MR) is 71.2 cm³/mol. The Kier molecular flexibility index (Phi) is 4.45. The number of benzene rings is 1. The molecule has 1 saturated heterocycles. The summed E-state index contributed by atoms with van der Waals surface area (Å²) < 4.78 is 10.8. The van der Waals surface area contributed by atoms with E-state index in [0.29, 0.717) is 5.02 Å². The summed E-state index contributed by atoms with van der Waals surface area (Å²) in [5, 5.41) is 10.0. The molecule has 1 aromatic carbocycles. The molecule has 100 valence electrons. The molecule has 0 bridgehead atoms. The molecule has 0 aromatic heterocycles. The molecule has 2 unspecified atom stereocenters. The highest BCUT2D eigenvalue weighted by Crippen LogP contribution is 2.29. The molecule has 1 aliphatic heterocycles. The quantitative estimate of drug-likeness (QED) is 0.905. The first kappa shape index (κ1) is 13.6. The first-order chi connectivity index (χ1) is 8.69. The fourth-order valence-corrected chi connectivity index (χ4v) is 2.58. The topological polar surface area (TPSA) is 41.9 Å². The maximum Gasteiger partial charge on any atom is 0.102 e. The average molecular weight is 272 g/mol. The molecule has 4 nitrogen and oxygen atoms in total. The predicted octanol–water partition coefficient (Wildman–Crippen LogP) is 1.68. The fourth-order valence-electron chi connectivity index (χ4n) is 2.38. The number of ether oxygens (including phenoxy) is 2. The van der Waals surface area contributed by atoms with Gasteiger partial charge in [-0.25, -0.2) is 0 Å². The van der Waals surface area contributed by atoms with Gasteiger partial charge in [0.25, 0.3) is 0 Å². The number of hydrogen-bond acceptors (Lipinski definition) is 4. The average Bonchev–Trinajstić information content (AvgIpc) is 2.81. The summed E-state index contributed by atoms with van der Waals surface area (Å²) in [7, 11) is 3.38. The lowest BCUT2D eigenvalue weighted by Gasteiger charge is -2.21. The number of halogens is 1. The van der Waals surface area contributed by atoms with E-state index >= 15 is 0 Å². The van der Waals surface area contributed by atoms with Gasteiger partial charge in [0, 0.05) is 43.6 Å². The number of nitrogens with zero attached hydrogens (tertiary/aromatic N) is 1. The van der Waals surface area contributed by atoms with E-state index in [-0.39, 0.29) is 18.8 Å². The van der Waals surface area contributed by atoms with Crippen LogP contribution in [0, 0.1) is 0 Å². The van der Waals surface area contributed by atoms with Crippen LogP contribution in [0.4, 0.5) is 5.69 Å². The lowest BCUT2D eigenvalue weighted by atomic mass is 10.1. The summed E-state index contributed by atoms with van der Waals surface area (Å²) in [4.78, 5) is 2.16. The van der Waals surface area contributed by atoms with Crippen LogP contribution in [0.3, 0.4) is 0 Å². The first-order valence-corrected chi connectivity index (χ1v) is 6.27. The Morgan fingerprint density at radius 2 is 1.89 bits per heavy atom. The van der Waals surface area contributed by atoms with E-state index in [1.165, 1.54) is 0 Å². The van der Waals surface area contributed by atoms with E-state index in [2.05, 4.69) is 4.90 Å². The molecular formula is C13H18ClNO3. The van der Waals surface area contributed by atoms with E-state index < -0.39 is 0 Å². The number of aliphatic hydroxyl groups is 1. The maximum absolute atomic E-state index is 9.40. The summed E-state index contributed by atoms with van der Waals surface area (Å²) >= 11 is 5.94. The van der Waals surface area contributed by atoms with Gasteiger partial charge in [0.05, 0.1) is 6.61 Å². The molecule has 1 N–H and O–H groups in total. The highest BCUT2D eigenvalue weighted by atomic mass is 35.5. The van der Waals surface area contributed by atoms with Gasteiger partial charge in [-0.2, -0.15) is 0 Å². The van der Waals surface area contributed by atoms with Crippen molar-refractivity contribution in [1.82, 2.24) is 0 Å². The standard InChI is InChI=1S/C13H18ClNO3/c1-17-12-6-15(7-13(12)18-2)11-4-3-10(14)5-9(11)8-16/h3-5,12-13,16H,6-8H2,1-2H3. The van der Waals surface area contributed by atoms with Crippen LogP contribution >= 0.6 is 11.6 Å². The van der Waals surface area contributed by atoms with Crippen LogP contribution in [0.25, 0.3) is 0 Å². The van der Waals surface area contributed by atoms with Crippen LogP contribution in [0.2, 0.25) is 5.02 Å². The van der Waals surface area contributed by atoms with E-state index in [9.17, 15) is 5.11 Å². The molecule has 1 heterocycles. The van der Waals surface area contributed by atoms with Crippen molar-refractivity contribution in [3.8, 4) is 0 Å². The molecule has 2 rings (SSSR count). The van der Waals surface area contributed by atoms with Crippen molar-refractivity contribution in [2.24, 2.45) is 0 Å². The normalized spacial score (nSPS) is 23.7. The molecule has 2 atom stereocenters. The van der Waals surface area contributed by atoms with E-state index in [1.807, 2.05) is 12.1 Å². The van der Waals surface area contributed by atoms with Crippen molar-refractivity contribution in [2.75, 3.05) is 32.2 Å². The number of hydrogen-bond donors (Lipinski definition) is 1. The second kappa shape index (κ2) is 5.89. The smallest absolute Gasteiger partial charge is 0.102 e. The molecule has 0 spiro atoms. The lowest BCUT2D eigenvalue weighted by molar-refractivity contribution is -0.00461. The van der Waals surface area contributed by atoms with Gasteiger partial charge in [0.15, 0.2) is 0 Å². The Morgan fingerprint density at radius 3 is 2.39 bits per heavy atom. The molecule has 0 amide bonds. The Labute approximate surface area is 112 Å². The van der Waals surface area contributed by atoms with Crippen molar-refractivity contribution in [3.63, 3.8) is 0 Å². The molecule has 5 heteroatoms. The van der Waals surface area contributed by atoms with Crippen LogP contribution in [0.5, 0.6) is 0 Å². The highest BCUT2D eigenvalue weighted by molar-refractivity contribution is 6.30. The van der Waals surface area contributed by atoms with Gasteiger partial charge >= 0.3 is 0 Å². The van der Waals surface area contributed by atoms with Crippen LogP contribution in [0.15, 0.2) is 18.2 Å². The second-order valence-electron chi connectivity index (χ2n) is 4.38. The van der Waals surface area contributed by atoms with E-state index in [1.54, 1.807) is 20.3 Å². The van der Waals surface area contributed by atoms with Crippen molar-refractivity contribution >= 4 is 17.3 Å². The van der Waals surface area contributed by atoms with Crippen molar-refractivity contribution in [1.29, 1.82) is 0 Å². The third-order valence-electron chi connectivity index (χ3n) is 3.37. The van der Waals surface area contributed by atoms with Crippen LogP contribution < -0.4 is 4.90 Å². The second-order valence-corrected chi connectivity index (χ2v) is 4.82. The van der Waals surface area contributed by atoms with Crippen LogP contribution in [-0.4, -0.2) is 44.6 Å². The van der Waals surface area contributed by atoms with Crippen molar-refractivity contribution in [3.05, 3.63) is 28.8 Å². The Bertz CT molecular complexity index is 401. The zero-order valence-corrected chi connectivity index (χ0v) is 11.4. The number of rotatable bonds is 4.